The van der Waals surface area contributed by atoms with Crippen molar-refractivity contribution in [2.75, 3.05) is 13.0 Å². The summed E-state index contributed by atoms with van der Waals surface area (Å²) in [5, 5.41) is 0. The number of hydrogen-bond donors (Lipinski definition) is 1. The van der Waals surface area contributed by atoms with Crippen molar-refractivity contribution in [2.45, 2.75) is 6.92 Å². The van der Waals surface area contributed by atoms with Gasteiger partial charge in [0, 0.05) is 6.61 Å². The topological polar surface area (TPSA) is 46.5 Å². The van der Waals surface area contributed by atoms with Crippen LogP contribution >= 0.6 is 8.03 Å². The molecular formula is C3H8O3P+. The standard InChI is InChI=1S/C3H7O3P/c1-2-6-3-7(4)5/h2-3H2,1H3/p+1. The summed E-state index contributed by atoms with van der Waals surface area (Å²) in [6, 6.07) is 0. The molecule has 3 nitrogen and oxygen atoms in total. The first kappa shape index (κ1) is 7.02. The van der Waals surface area contributed by atoms with Gasteiger partial charge in [0.1, 0.15) is 0 Å². The van der Waals surface area contributed by atoms with Crippen molar-refractivity contribution < 1.29 is 14.2 Å². The zero-order valence-electron chi connectivity index (χ0n) is 4.13. The summed E-state index contributed by atoms with van der Waals surface area (Å²) in [6.07, 6.45) is -0.0359. The molecule has 0 aliphatic heterocycles. The largest absolute Gasteiger partial charge is 0.534 e. The van der Waals surface area contributed by atoms with Crippen LogP contribution in [0.4, 0.5) is 0 Å². The molecule has 1 N–H and O–H groups in total. The van der Waals surface area contributed by atoms with E-state index >= 15 is 0 Å². The van der Waals surface area contributed by atoms with E-state index < -0.39 is 8.03 Å². The number of hydrogen-bond acceptors (Lipinski definition) is 2. The van der Waals surface area contributed by atoms with Crippen LogP contribution in [0.3, 0.4) is 0 Å². The third-order valence-electron chi connectivity index (χ3n) is 0.406. The van der Waals surface area contributed by atoms with Crippen LogP contribution in [0, 0.1) is 0 Å². The summed E-state index contributed by atoms with van der Waals surface area (Å²) >= 11 is 0. The Morgan fingerprint density at radius 1 is 1.86 bits per heavy atom. The molecule has 0 aromatic heterocycles. The minimum atomic E-state index is -2.08. The van der Waals surface area contributed by atoms with Crippen LogP contribution in [0.25, 0.3) is 0 Å². The quantitative estimate of drug-likeness (QED) is 0.562. The highest BCUT2D eigenvalue weighted by Crippen LogP contribution is 2.10. The normalized spacial score (nSPS) is 11.4. The monoisotopic (exact) mass is 123 g/mol. The second kappa shape index (κ2) is 4.19. The summed E-state index contributed by atoms with van der Waals surface area (Å²) in [5.74, 6) is 0. The average Bonchev–Trinajstić information content (AvgIpc) is 1.61. The van der Waals surface area contributed by atoms with Gasteiger partial charge in [-0.3, -0.25) is 0 Å². The maximum atomic E-state index is 9.78. The Labute approximate surface area is 43.2 Å². The maximum absolute atomic E-state index is 9.78. The first-order chi connectivity index (χ1) is 3.27. The predicted octanol–water partition coefficient (Wildman–Crippen LogP) is 0.715. The fraction of sp³-hybridized carbons (Fsp3) is 1.00. The first-order valence-corrected chi connectivity index (χ1v) is 3.38. The summed E-state index contributed by atoms with van der Waals surface area (Å²) < 4.78 is 14.3. The van der Waals surface area contributed by atoms with Gasteiger partial charge in [-0.05, 0) is 11.5 Å². The molecule has 0 heterocycles. The summed E-state index contributed by atoms with van der Waals surface area (Å²) in [7, 11) is -2.08. The molecule has 0 aromatic carbocycles. The molecule has 1 unspecified atom stereocenters. The van der Waals surface area contributed by atoms with Crippen molar-refractivity contribution in [2.24, 2.45) is 0 Å². The Kier molecular flexibility index (Phi) is 4.20. The smallest absolute Gasteiger partial charge is 0.335 e. The molecule has 42 valence electrons. The lowest BCUT2D eigenvalue weighted by Crippen LogP contribution is -1.85. The van der Waals surface area contributed by atoms with Crippen molar-refractivity contribution in [3.05, 3.63) is 0 Å². The van der Waals surface area contributed by atoms with E-state index in [1.54, 1.807) is 6.92 Å². The molecule has 0 radical (unpaired) electrons. The predicted molar refractivity (Wildman–Crippen MR) is 26.3 cm³/mol. The molecule has 0 saturated carbocycles. The molecule has 0 bridgehead atoms. The Morgan fingerprint density at radius 2 is 2.43 bits per heavy atom. The molecule has 1 atom stereocenters. The van der Waals surface area contributed by atoms with Crippen LogP contribution in [0.5, 0.6) is 0 Å². The van der Waals surface area contributed by atoms with Crippen molar-refractivity contribution in [3.8, 4) is 0 Å². The van der Waals surface area contributed by atoms with Gasteiger partial charge in [0.25, 0.3) is 6.35 Å². The van der Waals surface area contributed by atoms with Gasteiger partial charge >= 0.3 is 8.03 Å². The van der Waals surface area contributed by atoms with Gasteiger partial charge in [0.05, 0.1) is 0 Å². The molecule has 0 aliphatic carbocycles. The number of rotatable bonds is 3. The molecule has 4 heteroatoms. The highest BCUT2D eigenvalue weighted by atomic mass is 31.1. The van der Waals surface area contributed by atoms with E-state index in [0.717, 1.165) is 0 Å². The Morgan fingerprint density at radius 3 is 2.57 bits per heavy atom. The van der Waals surface area contributed by atoms with E-state index in [1.807, 2.05) is 0 Å². The minimum absolute atomic E-state index is 0.0359. The van der Waals surface area contributed by atoms with Crippen molar-refractivity contribution >= 4 is 8.03 Å². The van der Waals surface area contributed by atoms with Crippen LogP contribution in [0.15, 0.2) is 0 Å². The summed E-state index contributed by atoms with van der Waals surface area (Å²) in [4.78, 5) is 8.07. The molecule has 0 aromatic rings. The van der Waals surface area contributed by atoms with E-state index in [1.165, 1.54) is 0 Å². The average molecular weight is 123 g/mol. The van der Waals surface area contributed by atoms with E-state index in [9.17, 15) is 4.57 Å². The molecular weight excluding hydrogens is 115 g/mol. The summed E-state index contributed by atoms with van der Waals surface area (Å²) in [6.45, 7) is 2.28. The lowest BCUT2D eigenvalue weighted by molar-refractivity contribution is 0.187. The minimum Gasteiger partial charge on any atom is -0.335 e. The van der Waals surface area contributed by atoms with Crippen LogP contribution in [0.2, 0.25) is 0 Å². The third kappa shape index (κ3) is 6.02. The number of ether oxygens (including phenoxy) is 1. The molecule has 0 rings (SSSR count). The van der Waals surface area contributed by atoms with Gasteiger partial charge in [-0.2, -0.15) is 4.89 Å². The molecule has 7 heavy (non-hydrogen) atoms. The Hall–Kier alpha value is 0.0200. The van der Waals surface area contributed by atoms with Gasteiger partial charge < -0.3 is 4.74 Å². The fourth-order valence-electron chi connectivity index (χ4n) is 0.169. The van der Waals surface area contributed by atoms with Crippen LogP contribution in [-0.4, -0.2) is 17.8 Å². The lowest BCUT2D eigenvalue weighted by Gasteiger charge is -1.81. The molecule has 0 amide bonds. The van der Waals surface area contributed by atoms with Gasteiger partial charge in [-0.25, -0.2) is 0 Å². The Bertz CT molecular complexity index is 63.2. The van der Waals surface area contributed by atoms with Crippen LogP contribution in [-0.2, 0) is 9.30 Å². The molecule has 0 fully saturated rings. The second-order valence-electron chi connectivity index (χ2n) is 0.974. The third-order valence-corrected chi connectivity index (χ3v) is 0.809. The van der Waals surface area contributed by atoms with Crippen molar-refractivity contribution in [1.82, 2.24) is 0 Å². The molecule has 0 aliphatic rings. The molecule has 0 spiro atoms. The fourth-order valence-corrected chi connectivity index (χ4v) is 0.508. The maximum Gasteiger partial charge on any atom is 0.534 e. The van der Waals surface area contributed by atoms with E-state index in [-0.39, 0.29) is 6.35 Å². The van der Waals surface area contributed by atoms with Gasteiger partial charge in [-0.15, -0.1) is 0 Å². The van der Waals surface area contributed by atoms with Crippen LogP contribution in [0.1, 0.15) is 6.92 Å². The van der Waals surface area contributed by atoms with Gasteiger partial charge in [-0.1, -0.05) is 0 Å². The van der Waals surface area contributed by atoms with Gasteiger partial charge in [0.15, 0.2) is 0 Å². The second-order valence-corrected chi connectivity index (χ2v) is 1.94. The summed E-state index contributed by atoms with van der Waals surface area (Å²) in [5.41, 5.74) is 0. The molecule has 0 saturated heterocycles. The lowest BCUT2D eigenvalue weighted by atomic mass is 10.9. The van der Waals surface area contributed by atoms with Crippen molar-refractivity contribution in [1.29, 1.82) is 0 Å². The van der Waals surface area contributed by atoms with Gasteiger partial charge in [0.2, 0.25) is 0 Å². The highest BCUT2D eigenvalue weighted by Gasteiger charge is 2.06. The van der Waals surface area contributed by atoms with Crippen molar-refractivity contribution in [3.63, 3.8) is 0 Å². The SMILES string of the molecule is CCOC[P+](=O)O. The zero-order chi connectivity index (χ0) is 5.70. The first-order valence-electron chi connectivity index (χ1n) is 1.98. The van der Waals surface area contributed by atoms with E-state index in [4.69, 9.17) is 4.89 Å². The highest BCUT2D eigenvalue weighted by molar-refractivity contribution is 7.37. The Balaban J connectivity index is 2.82. The van der Waals surface area contributed by atoms with Crippen LogP contribution < -0.4 is 0 Å². The van der Waals surface area contributed by atoms with E-state index in [2.05, 4.69) is 4.74 Å². The zero-order valence-corrected chi connectivity index (χ0v) is 5.02. The van der Waals surface area contributed by atoms with E-state index in [0.29, 0.717) is 6.61 Å².